The maximum atomic E-state index is 14.1. The van der Waals surface area contributed by atoms with Crippen LogP contribution in [0.1, 0.15) is 16.8 Å². The van der Waals surface area contributed by atoms with Crippen LogP contribution in [-0.4, -0.2) is 38.0 Å². The highest BCUT2D eigenvalue weighted by molar-refractivity contribution is 7.89. The van der Waals surface area contributed by atoms with Gasteiger partial charge in [0.05, 0.1) is 17.2 Å². The van der Waals surface area contributed by atoms with E-state index in [1.54, 1.807) is 18.2 Å². The molecular weight excluding hydrogens is 445 g/mol. The van der Waals surface area contributed by atoms with E-state index in [1.807, 2.05) is 0 Å². The molecule has 1 aromatic heterocycles. The van der Waals surface area contributed by atoms with Gasteiger partial charge in [-0.3, -0.25) is 0 Å². The highest BCUT2D eigenvalue weighted by Gasteiger charge is 2.57. The summed E-state index contributed by atoms with van der Waals surface area (Å²) in [5, 5.41) is 10.9. The van der Waals surface area contributed by atoms with Gasteiger partial charge < -0.3 is 14.4 Å². The summed E-state index contributed by atoms with van der Waals surface area (Å²) in [6.45, 7) is 0.193. The van der Waals surface area contributed by atoms with E-state index in [0.29, 0.717) is 5.56 Å². The van der Waals surface area contributed by atoms with Crippen molar-refractivity contribution in [1.82, 2.24) is 9.29 Å². The number of hydrogen-bond acceptors (Lipinski definition) is 4. The Balaban J connectivity index is 1.86. The lowest BCUT2D eigenvalue weighted by molar-refractivity contribution is -0.250. The molecule has 0 amide bonds. The van der Waals surface area contributed by atoms with Crippen molar-refractivity contribution >= 4 is 10.0 Å². The summed E-state index contributed by atoms with van der Waals surface area (Å²) in [5.74, 6) is 0. The van der Waals surface area contributed by atoms with Gasteiger partial charge in [-0.05, 0) is 35.4 Å². The number of benzene rings is 2. The Morgan fingerprint density at radius 1 is 1.00 bits per heavy atom. The number of rotatable bonds is 9. The molecule has 1 unspecified atom stereocenters. The van der Waals surface area contributed by atoms with Gasteiger partial charge >= 0.3 is 6.18 Å². The molecule has 32 heavy (non-hydrogen) atoms. The van der Waals surface area contributed by atoms with E-state index in [2.05, 4.69) is 4.72 Å². The Morgan fingerprint density at radius 3 is 2.25 bits per heavy atom. The highest BCUT2D eigenvalue weighted by Crippen LogP contribution is 2.44. The summed E-state index contributed by atoms with van der Waals surface area (Å²) in [7, 11) is -2.33. The smallest absolute Gasteiger partial charge is 0.383 e. The van der Waals surface area contributed by atoms with Gasteiger partial charge in [-0.15, -0.1) is 0 Å². The van der Waals surface area contributed by atoms with Crippen molar-refractivity contribution in [3.63, 3.8) is 0 Å². The second-order valence-corrected chi connectivity index (χ2v) is 8.89. The van der Waals surface area contributed by atoms with E-state index >= 15 is 0 Å². The van der Waals surface area contributed by atoms with Crippen molar-refractivity contribution in [2.75, 3.05) is 13.7 Å². The van der Waals surface area contributed by atoms with Gasteiger partial charge in [-0.25, -0.2) is 13.1 Å². The number of ether oxygens (including phenoxy) is 1. The van der Waals surface area contributed by atoms with E-state index in [4.69, 9.17) is 4.74 Å². The van der Waals surface area contributed by atoms with Crippen molar-refractivity contribution in [3.05, 3.63) is 89.7 Å². The van der Waals surface area contributed by atoms with Crippen molar-refractivity contribution in [1.29, 1.82) is 0 Å². The number of nitrogens with zero attached hydrogens (tertiary/aromatic N) is 1. The topological polar surface area (TPSA) is 80.6 Å². The van der Waals surface area contributed by atoms with E-state index in [0.717, 1.165) is 12.1 Å². The molecule has 0 saturated carbocycles. The Labute approximate surface area is 184 Å². The predicted molar refractivity (Wildman–Crippen MR) is 112 cm³/mol. The number of aliphatic hydroxyl groups is 1. The maximum absolute atomic E-state index is 14.1. The Kier molecular flexibility index (Phi) is 7.09. The minimum atomic E-state index is -4.99. The molecule has 6 nitrogen and oxygen atoms in total. The lowest BCUT2D eigenvalue weighted by atomic mass is 9.89. The second-order valence-electron chi connectivity index (χ2n) is 7.12. The molecule has 172 valence electrons. The fraction of sp³-hybridized carbons (Fsp3) is 0.273. The van der Waals surface area contributed by atoms with Gasteiger partial charge in [0, 0.05) is 26.4 Å². The normalized spacial score (nSPS) is 14.3. The summed E-state index contributed by atoms with van der Waals surface area (Å²) >= 11 is 0. The lowest BCUT2D eigenvalue weighted by Crippen LogP contribution is -2.45. The fourth-order valence-corrected chi connectivity index (χ4v) is 4.35. The molecule has 10 heteroatoms. The number of methoxy groups -OCH3 is 1. The van der Waals surface area contributed by atoms with E-state index in [1.165, 1.54) is 54.3 Å². The summed E-state index contributed by atoms with van der Waals surface area (Å²) < 4.78 is 75.5. The molecule has 3 rings (SSSR count). The fourth-order valence-electron chi connectivity index (χ4n) is 3.31. The minimum absolute atomic E-state index is 0.0832. The summed E-state index contributed by atoms with van der Waals surface area (Å²) in [5.41, 5.74) is -3.52. The minimum Gasteiger partial charge on any atom is -0.383 e. The number of aromatic nitrogens is 1. The molecule has 0 saturated heterocycles. The first-order chi connectivity index (χ1) is 15.1. The predicted octanol–water partition coefficient (Wildman–Crippen LogP) is 3.41. The Bertz CT molecular complexity index is 1130. The molecule has 2 aromatic carbocycles. The summed E-state index contributed by atoms with van der Waals surface area (Å²) in [4.78, 5) is 0.0832. The van der Waals surface area contributed by atoms with E-state index in [-0.39, 0.29) is 35.8 Å². The van der Waals surface area contributed by atoms with Crippen LogP contribution in [0.4, 0.5) is 13.2 Å². The van der Waals surface area contributed by atoms with Crippen molar-refractivity contribution in [2.45, 2.75) is 29.8 Å². The third kappa shape index (κ3) is 4.88. The average Bonchev–Trinajstić information content (AvgIpc) is 3.25. The van der Waals surface area contributed by atoms with Crippen LogP contribution in [0.5, 0.6) is 0 Å². The third-order valence-electron chi connectivity index (χ3n) is 5.04. The number of halogens is 3. The molecule has 0 bridgehead atoms. The average molecular weight is 468 g/mol. The molecule has 1 heterocycles. The summed E-state index contributed by atoms with van der Waals surface area (Å²) in [6.07, 6.45) is -3.55. The first-order valence-electron chi connectivity index (χ1n) is 9.67. The van der Waals surface area contributed by atoms with Crippen molar-refractivity contribution in [2.24, 2.45) is 0 Å². The number of sulfonamides is 1. The van der Waals surface area contributed by atoms with Gasteiger partial charge in [0.2, 0.25) is 15.6 Å². The van der Waals surface area contributed by atoms with Crippen LogP contribution in [0.25, 0.3) is 0 Å². The molecule has 0 spiro atoms. The zero-order chi connectivity index (χ0) is 23.4. The first-order valence-corrected chi connectivity index (χ1v) is 11.2. The molecule has 0 fully saturated rings. The molecule has 2 N–H and O–H groups in total. The van der Waals surface area contributed by atoms with Crippen LogP contribution in [-0.2, 0) is 33.5 Å². The van der Waals surface area contributed by atoms with Crippen LogP contribution >= 0.6 is 0 Å². The molecule has 3 aromatic rings. The van der Waals surface area contributed by atoms with E-state index < -0.39 is 21.8 Å². The van der Waals surface area contributed by atoms with Crippen molar-refractivity contribution in [3.8, 4) is 0 Å². The van der Waals surface area contributed by atoms with Gasteiger partial charge in [0.25, 0.3) is 0 Å². The molecule has 1 atom stereocenters. The van der Waals surface area contributed by atoms with Crippen molar-refractivity contribution < 1.29 is 31.4 Å². The third-order valence-corrected chi connectivity index (χ3v) is 6.46. The molecule has 0 aliphatic carbocycles. The highest BCUT2D eigenvalue weighted by atomic mass is 32.2. The quantitative estimate of drug-likeness (QED) is 0.505. The molecule has 0 aliphatic heterocycles. The van der Waals surface area contributed by atoms with Gasteiger partial charge in [0.15, 0.2) is 0 Å². The van der Waals surface area contributed by atoms with E-state index in [9.17, 15) is 26.7 Å². The Morgan fingerprint density at radius 2 is 1.66 bits per heavy atom. The van der Waals surface area contributed by atoms with Crippen LogP contribution in [0.15, 0.2) is 77.8 Å². The lowest BCUT2D eigenvalue weighted by Gasteiger charge is -2.32. The SMILES string of the molecule is COCCn1cccc1C(O)(c1ccc(CNS(=O)(=O)c2ccccc2)cc1)C(F)(F)F. The Hall–Kier alpha value is -2.66. The standard InChI is InChI=1S/C22H23F3N2O4S/c1-31-15-14-27-13-5-8-20(27)21(28,22(23,24)25)18-11-9-17(10-12-18)16-26-32(29,30)19-6-3-2-4-7-19/h2-13,26,28H,14-16H2,1H3. The van der Waals surface area contributed by atoms with Crippen LogP contribution in [0.2, 0.25) is 0 Å². The monoisotopic (exact) mass is 468 g/mol. The molecule has 0 aliphatic rings. The van der Waals surface area contributed by atoms with Gasteiger partial charge in [0.1, 0.15) is 0 Å². The number of alkyl halides is 3. The second kappa shape index (κ2) is 9.45. The zero-order valence-electron chi connectivity index (χ0n) is 17.2. The largest absolute Gasteiger partial charge is 0.427 e. The zero-order valence-corrected chi connectivity index (χ0v) is 18.0. The van der Waals surface area contributed by atoms with Crippen LogP contribution < -0.4 is 4.72 Å². The molecule has 0 radical (unpaired) electrons. The molecular formula is C22H23F3N2O4S. The van der Waals surface area contributed by atoms with Crippen LogP contribution in [0, 0.1) is 0 Å². The number of hydrogen-bond donors (Lipinski definition) is 2. The van der Waals surface area contributed by atoms with Crippen LogP contribution in [0.3, 0.4) is 0 Å². The van der Waals surface area contributed by atoms with Gasteiger partial charge in [-0.1, -0.05) is 42.5 Å². The summed E-state index contributed by atoms with van der Waals surface area (Å²) in [6, 6.07) is 15.4. The maximum Gasteiger partial charge on any atom is 0.427 e. The number of nitrogens with one attached hydrogen (secondary N) is 1. The van der Waals surface area contributed by atoms with Gasteiger partial charge in [-0.2, -0.15) is 13.2 Å². The first kappa shape index (κ1) is 24.0.